The standard InChI is InChI=1S/C27H24ClN9O4.CH2O2/c1-41-11-10-35(27(39)40)19-5-2-16(3-6-19)25-30-26(32-31-25)23-9-7-20-12-17(13-24(38)37(20)23)21-14-18(28)4-8-22(21)36-15-29-33-34-36;2-1-3/h2-6,8,12-15,23H,7,9-11H2,1H3,(H,39,40)(H,30,31,32);1H,(H,2,3)/t23-;/m0./s1. The Balaban J connectivity index is 0.00000123. The van der Waals surface area contributed by atoms with Crippen LogP contribution in [0.2, 0.25) is 5.02 Å². The van der Waals surface area contributed by atoms with Gasteiger partial charge in [-0.3, -0.25) is 14.5 Å². The number of anilines is 1. The van der Waals surface area contributed by atoms with Crippen LogP contribution < -0.4 is 10.5 Å². The minimum absolute atomic E-state index is 0.172. The Labute approximate surface area is 254 Å². The first-order valence-corrected chi connectivity index (χ1v) is 13.6. The number of halogens is 1. The maximum Gasteiger partial charge on any atom is 0.411 e. The average Bonchev–Trinajstić information content (AvgIpc) is 3.79. The second kappa shape index (κ2) is 13.3. The van der Waals surface area contributed by atoms with Crippen molar-refractivity contribution in [3.05, 3.63) is 87.8 Å². The monoisotopic (exact) mass is 619 g/mol. The van der Waals surface area contributed by atoms with E-state index in [1.165, 1.54) is 23.0 Å². The second-order valence-corrected chi connectivity index (χ2v) is 9.99. The van der Waals surface area contributed by atoms with Crippen molar-refractivity contribution in [2.24, 2.45) is 0 Å². The van der Waals surface area contributed by atoms with Crippen LogP contribution in [-0.4, -0.2) is 83.0 Å². The number of tetrazole rings is 1. The number of H-pyrrole nitrogens is 1. The lowest BCUT2D eigenvalue weighted by molar-refractivity contribution is -0.122. The molecule has 1 atom stereocenters. The Hall–Kier alpha value is -5.41. The Morgan fingerprint density at radius 3 is 2.61 bits per heavy atom. The van der Waals surface area contributed by atoms with Crippen LogP contribution in [0, 0.1) is 0 Å². The van der Waals surface area contributed by atoms with E-state index in [0.29, 0.717) is 46.5 Å². The molecule has 0 unspecified atom stereocenters. The van der Waals surface area contributed by atoms with E-state index in [9.17, 15) is 14.7 Å². The highest BCUT2D eigenvalue weighted by molar-refractivity contribution is 6.31. The summed E-state index contributed by atoms with van der Waals surface area (Å²) in [5, 5.41) is 37.0. The number of nitrogens with zero attached hydrogens (tertiary/aromatic N) is 8. The molecular formula is C28H26ClN9O6. The van der Waals surface area contributed by atoms with Crippen molar-refractivity contribution >= 4 is 29.9 Å². The Morgan fingerprint density at radius 1 is 1.16 bits per heavy atom. The number of carbonyl (C=O) groups is 2. The summed E-state index contributed by atoms with van der Waals surface area (Å²) in [5.41, 5.74) is 4.11. The summed E-state index contributed by atoms with van der Waals surface area (Å²) < 4.78 is 8.27. The number of benzene rings is 2. The first-order valence-electron chi connectivity index (χ1n) is 13.2. The zero-order valence-corrected chi connectivity index (χ0v) is 24.0. The summed E-state index contributed by atoms with van der Waals surface area (Å²) in [5.74, 6) is 1.09. The van der Waals surface area contributed by atoms with Crippen molar-refractivity contribution < 1.29 is 24.5 Å². The Kier molecular flexibility index (Phi) is 9.06. The molecule has 5 aromatic rings. The maximum atomic E-state index is 13.4. The SMILES string of the molecule is COCCN(C(=O)O)c1ccc(-c2nnc([C@@H]3CCc4cc(-c5cc(Cl)ccc5-n5cnnn5)cc(=O)n43)[nH]2)cc1.O=CO. The minimum atomic E-state index is -1.06. The number of aryl methyl sites for hydroxylation is 1. The molecule has 15 nitrogen and oxygen atoms in total. The molecule has 0 radical (unpaired) electrons. The lowest BCUT2D eigenvalue weighted by Crippen LogP contribution is -2.32. The molecule has 3 N–H and O–H groups in total. The van der Waals surface area contributed by atoms with Crippen molar-refractivity contribution in [2.45, 2.75) is 18.9 Å². The highest BCUT2D eigenvalue weighted by Gasteiger charge is 2.29. The number of pyridine rings is 1. The van der Waals surface area contributed by atoms with Crippen LogP contribution in [0.25, 0.3) is 28.2 Å². The van der Waals surface area contributed by atoms with Crippen LogP contribution in [0.3, 0.4) is 0 Å². The quantitative estimate of drug-likeness (QED) is 0.216. The van der Waals surface area contributed by atoms with Crippen molar-refractivity contribution in [2.75, 3.05) is 25.2 Å². The largest absolute Gasteiger partial charge is 0.483 e. The predicted molar refractivity (Wildman–Crippen MR) is 158 cm³/mol. The van der Waals surface area contributed by atoms with E-state index in [1.807, 2.05) is 12.1 Å². The van der Waals surface area contributed by atoms with Gasteiger partial charge in [0.1, 0.15) is 6.33 Å². The summed E-state index contributed by atoms with van der Waals surface area (Å²) in [6, 6.07) is 15.6. The third-order valence-corrected chi connectivity index (χ3v) is 7.26. The molecule has 0 spiro atoms. The molecule has 1 aliphatic heterocycles. The lowest BCUT2D eigenvalue weighted by atomic mass is 10.0. The number of fused-ring (bicyclic) bond motifs is 1. The molecule has 1 aliphatic rings. The van der Waals surface area contributed by atoms with Crippen LogP contribution in [0.1, 0.15) is 24.0 Å². The van der Waals surface area contributed by atoms with Gasteiger partial charge in [-0.15, -0.1) is 15.3 Å². The van der Waals surface area contributed by atoms with Gasteiger partial charge in [0.05, 0.1) is 24.9 Å². The Bertz CT molecular complexity index is 1820. The van der Waals surface area contributed by atoms with Gasteiger partial charge in [-0.25, -0.2) is 4.79 Å². The van der Waals surface area contributed by atoms with Crippen LogP contribution in [0.5, 0.6) is 0 Å². The second-order valence-electron chi connectivity index (χ2n) is 9.55. The number of hydrogen-bond acceptors (Lipinski definition) is 9. The molecule has 3 aromatic heterocycles. The first kappa shape index (κ1) is 30.1. The molecule has 0 aliphatic carbocycles. The van der Waals surface area contributed by atoms with Gasteiger partial charge in [0.2, 0.25) is 0 Å². The molecule has 2 aromatic carbocycles. The third-order valence-electron chi connectivity index (χ3n) is 7.02. The summed E-state index contributed by atoms with van der Waals surface area (Å²) in [6.45, 7) is 0.244. The number of aromatic nitrogens is 8. The number of hydrogen-bond donors (Lipinski definition) is 3. The van der Waals surface area contributed by atoms with Gasteiger partial charge < -0.3 is 24.5 Å². The van der Waals surface area contributed by atoms with Crippen LogP contribution in [0.15, 0.2) is 65.7 Å². The molecule has 0 saturated carbocycles. The topological polar surface area (TPSA) is 194 Å². The Morgan fingerprint density at radius 2 is 1.93 bits per heavy atom. The van der Waals surface area contributed by atoms with E-state index >= 15 is 0 Å². The number of aromatic amines is 1. The van der Waals surface area contributed by atoms with Gasteiger partial charge in [-0.2, -0.15) is 4.68 Å². The zero-order chi connectivity index (χ0) is 31.2. The fourth-order valence-electron chi connectivity index (χ4n) is 5.09. The van der Waals surface area contributed by atoms with Crippen molar-refractivity contribution in [1.29, 1.82) is 0 Å². The molecule has 0 saturated heterocycles. The van der Waals surface area contributed by atoms with Gasteiger partial charge in [0, 0.05) is 40.7 Å². The number of carboxylic acid groups (broad SMARTS) is 2. The summed E-state index contributed by atoms with van der Waals surface area (Å²) in [6.07, 6.45) is 1.77. The molecule has 6 rings (SSSR count). The molecule has 0 bridgehead atoms. The summed E-state index contributed by atoms with van der Waals surface area (Å²) >= 11 is 6.30. The van der Waals surface area contributed by atoms with E-state index in [2.05, 4.69) is 30.7 Å². The van der Waals surface area contributed by atoms with E-state index in [-0.39, 0.29) is 31.2 Å². The maximum absolute atomic E-state index is 13.4. The lowest BCUT2D eigenvalue weighted by Gasteiger charge is -2.18. The molecule has 16 heteroatoms. The van der Waals surface area contributed by atoms with Gasteiger partial charge in [0.15, 0.2) is 11.6 Å². The van der Waals surface area contributed by atoms with Crippen LogP contribution >= 0.6 is 11.6 Å². The van der Waals surface area contributed by atoms with E-state index in [0.717, 1.165) is 16.8 Å². The predicted octanol–water partition coefficient (Wildman–Crippen LogP) is 3.30. The molecular weight excluding hydrogens is 594 g/mol. The highest BCUT2D eigenvalue weighted by Crippen LogP contribution is 2.34. The zero-order valence-electron chi connectivity index (χ0n) is 23.2. The van der Waals surface area contributed by atoms with Gasteiger partial charge in [0.25, 0.3) is 12.0 Å². The summed E-state index contributed by atoms with van der Waals surface area (Å²) in [7, 11) is 1.52. The normalized spacial score (nSPS) is 13.5. The first-order chi connectivity index (χ1) is 21.3. The van der Waals surface area contributed by atoms with Crippen molar-refractivity contribution in [3.8, 4) is 28.2 Å². The molecule has 44 heavy (non-hydrogen) atoms. The minimum Gasteiger partial charge on any atom is -0.483 e. The molecule has 0 fully saturated rings. The van der Waals surface area contributed by atoms with E-state index < -0.39 is 6.09 Å². The number of methoxy groups -OCH3 is 1. The number of nitrogens with one attached hydrogen (secondary N) is 1. The fourth-order valence-corrected chi connectivity index (χ4v) is 5.26. The van der Waals surface area contributed by atoms with E-state index in [1.54, 1.807) is 47.0 Å². The van der Waals surface area contributed by atoms with Crippen LogP contribution in [0.4, 0.5) is 10.5 Å². The van der Waals surface area contributed by atoms with E-state index in [4.69, 9.17) is 26.2 Å². The number of amides is 1. The molecule has 4 heterocycles. The fraction of sp³-hybridized carbons (Fsp3) is 0.214. The van der Waals surface area contributed by atoms with Crippen LogP contribution in [-0.2, 0) is 16.0 Å². The number of rotatable bonds is 8. The highest BCUT2D eigenvalue weighted by atomic mass is 35.5. The molecule has 226 valence electrons. The van der Waals surface area contributed by atoms with Gasteiger partial charge >= 0.3 is 6.09 Å². The number of ether oxygens (including phenoxy) is 1. The average molecular weight is 620 g/mol. The molecule has 1 amide bonds. The summed E-state index contributed by atoms with van der Waals surface area (Å²) in [4.78, 5) is 37.9. The van der Waals surface area contributed by atoms with Gasteiger partial charge in [-0.1, -0.05) is 11.6 Å². The van der Waals surface area contributed by atoms with Crippen molar-refractivity contribution in [3.63, 3.8) is 0 Å². The van der Waals surface area contributed by atoms with Gasteiger partial charge in [-0.05, 0) is 77.4 Å². The third kappa shape index (κ3) is 6.18. The smallest absolute Gasteiger partial charge is 0.411 e. The van der Waals surface area contributed by atoms with Crippen molar-refractivity contribution in [1.82, 2.24) is 40.0 Å².